The molecule has 1 atom stereocenters. The van der Waals surface area contributed by atoms with Crippen LogP contribution in [-0.2, 0) is 4.79 Å². The Morgan fingerprint density at radius 3 is 2.93 bits per heavy atom. The summed E-state index contributed by atoms with van der Waals surface area (Å²) in [5.41, 5.74) is 0.725. The zero-order chi connectivity index (χ0) is 11.3. The van der Waals surface area contributed by atoms with E-state index in [-0.39, 0.29) is 5.97 Å². The SMILES string of the molecule is CNC[C@H](O)c1cccc(OC(C)=O)c1. The Morgan fingerprint density at radius 1 is 1.60 bits per heavy atom. The summed E-state index contributed by atoms with van der Waals surface area (Å²) in [4.78, 5) is 10.7. The number of nitrogens with one attached hydrogen (secondary N) is 1. The van der Waals surface area contributed by atoms with Crippen molar-refractivity contribution in [3.8, 4) is 5.75 Å². The normalized spacial score (nSPS) is 12.2. The van der Waals surface area contributed by atoms with E-state index in [0.29, 0.717) is 12.3 Å². The molecule has 0 heterocycles. The van der Waals surface area contributed by atoms with E-state index in [2.05, 4.69) is 5.32 Å². The van der Waals surface area contributed by atoms with E-state index < -0.39 is 6.10 Å². The molecule has 0 saturated carbocycles. The topological polar surface area (TPSA) is 58.6 Å². The zero-order valence-corrected chi connectivity index (χ0v) is 8.86. The summed E-state index contributed by atoms with van der Waals surface area (Å²) in [5, 5.41) is 12.5. The summed E-state index contributed by atoms with van der Waals surface area (Å²) in [6, 6.07) is 6.86. The van der Waals surface area contributed by atoms with Gasteiger partial charge in [0.2, 0.25) is 0 Å². The number of hydrogen-bond acceptors (Lipinski definition) is 4. The first-order chi connectivity index (χ1) is 7.13. The Hall–Kier alpha value is -1.39. The number of ether oxygens (including phenoxy) is 1. The van der Waals surface area contributed by atoms with Gasteiger partial charge in [0.25, 0.3) is 0 Å². The Balaban J connectivity index is 2.77. The highest BCUT2D eigenvalue weighted by molar-refractivity contribution is 5.69. The van der Waals surface area contributed by atoms with Crippen LogP contribution in [0.4, 0.5) is 0 Å². The van der Waals surface area contributed by atoms with Gasteiger partial charge in [-0.3, -0.25) is 4.79 Å². The number of carbonyl (C=O) groups is 1. The van der Waals surface area contributed by atoms with Crippen LogP contribution in [0.1, 0.15) is 18.6 Å². The molecule has 1 aromatic rings. The molecule has 0 aromatic heterocycles. The monoisotopic (exact) mass is 209 g/mol. The molecule has 4 nitrogen and oxygen atoms in total. The third-order valence-electron chi connectivity index (χ3n) is 1.90. The molecular weight excluding hydrogens is 194 g/mol. The van der Waals surface area contributed by atoms with Crippen LogP contribution in [-0.4, -0.2) is 24.7 Å². The Labute approximate surface area is 88.9 Å². The van der Waals surface area contributed by atoms with Crippen molar-refractivity contribution in [3.05, 3.63) is 29.8 Å². The predicted octanol–water partition coefficient (Wildman–Crippen LogP) is 0.865. The molecule has 0 radical (unpaired) electrons. The smallest absolute Gasteiger partial charge is 0.308 e. The minimum absolute atomic E-state index is 0.366. The summed E-state index contributed by atoms with van der Waals surface area (Å²) in [6.07, 6.45) is -0.592. The van der Waals surface area contributed by atoms with Gasteiger partial charge in [0.1, 0.15) is 5.75 Å². The van der Waals surface area contributed by atoms with Gasteiger partial charge >= 0.3 is 5.97 Å². The van der Waals surface area contributed by atoms with Gasteiger partial charge in [-0.2, -0.15) is 0 Å². The van der Waals surface area contributed by atoms with Gasteiger partial charge < -0.3 is 15.2 Å². The molecule has 0 spiro atoms. The third kappa shape index (κ3) is 3.69. The largest absolute Gasteiger partial charge is 0.427 e. The average molecular weight is 209 g/mol. The summed E-state index contributed by atoms with van der Waals surface area (Å²) < 4.78 is 4.91. The fourth-order valence-electron chi connectivity index (χ4n) is 1.26. The zero-order valence-electron chi connectivity index (χ0n) is 8.86. The molecule has 82 valence electrons. The minimum Gasteiger partial charge on any atom is -0.427 e. The summed E-state index contributed by atoms with van der Waals surface area (Å²) >= 11 is 0. The lowest BCUT2D eigenvalue weighted by atomic mass is 10.1. The lowest BCUT2D eigenvalue weighted by Crippen LogP contribution is -2.16. The highest BCUT2D eigenvalue weighted by Crippen LogP contribution is 2.18. The lowest BCUT2D eigenvalue weighted by Gasteiger charge is -2.11. The van der Waals surface area contributed by atoms with Crippen molar-refractivity contribution < 1.29 is 14.6 Å². The fraction of sp³-hybridized carbons (Fsp3) is 0.364. The minimum atomic E-state index is -0.592. The molecule has 0 aliphatic carbocycles. The third-order valence-corrected chi connectivity index (χ3v) is 1.90. The molecule has 0 saturated heterocycles. The molecule has 1 aromatic carbocycles. The second kappa shape index (κ2) is 5.48. The Morgan fingerprint density at radius 2 is 2.33 bits per heavy atom. The second-order valence-corrected chi connectivity index (χ2v) is 3.24. The van der Waals surface area contributed by atoms with E-state index in [1.54, 1.807) is 31.3 Å². The molecule has 0 amide bonds. The van der Waals surface area contributed by atoms with Crippen LogP contribution in [0.15, 0.2) is 24.3 Å². The Bertz CT molecular complexity index is 338. The van der Waals surface area contributed by atoms with Crippen LogP contribution < -0.4 is 10.1 Å². The summed E-state index contributed by atoms with van der Waals surface area (Å²) in [6.45, 7) is 1.81. The fourth-order valence-corrected chi connectivity index (χ4v) is 1.26. The van der Waals surface area contributed by atoms with Gasteiger partial charge in [0, 0.05) is 13.5 Å². The van der Waals surface area contributed by atoms with Gasteiger partial charge in [0.15, 0.2) is 0 Å². The van der Waals surface area contributed by atoms with Crippen molar-refractivity contribution in [2.75, 3.05) is 13.6 Å². The van der Waals surface area contributed by atoms with Crippen LogP contribution >= 0.6 is 0 Å². The molecule has 0 aliphatic rings. The van der Waals surface area contributed by atoms with Crippen molar-refractivity contribution in [2.24, 2.45) is 0 Å². The maximum atomic E-state index is 10.7. The number of aliphatic hydroxyl groups excluding tert-OH is 1. The number of carbonyl (C=O) groups excluding carboxylic acids is 1. The van der Waals surface area contributed by atoms with Crippen molar-refractivity contribution in [1.82, 2.24) is 5.32 Å². The van der Waals surface area contributed by atoms with Crippen LogP contribution in [0.2, 0.25) is 0 Å². The molecule has 0 aliphatic heterocycles. The molecule has 1 rings (SSSR count). The molecule has 4 heteroatoms. The molecule has 15 heavy (non-hydrogen) atoms. The second-order valence-electron chi connectivity index (χ2n) is 3.24. The average Bonchev–Trinajstić information content (AvgIpc) is 2.17. The van der Waals surface area contributed by atoms with Gasteiger partial charge in [-0.25, -0.2) is 0 Å². The standard InChI is InChI=1S/C11H15NO3/c1-8(13)15-10-5-3-4-9(6-10)11(14)7-12-2/h3-6,11-12,14H,7H2,1-2H3/t11-/m0/s1. The quantitative estimate of drug-likeness (QED) is 0.570. The van der Waals surface area contributed by atoms with Crippen LogP contribution in [0.25, 0.3) is 0 Å². The van der Waals surface area contributed by atoms with Gasteiger partial charge in [-0.1, -0.05) is 12.1 Å². The number of benzene rings is 1. The summed E-state index contributed by atoms with van der Waals surface area (Å²) in [5.74, 6) is 0.0883. The summed E-state index contributed by atoms with van der Waals surface area (Å²) in [7, 11) is 1.76. The van der Waals surface area contributed by atoms with Crippen molar-refractivity contribution >= 4 is 5.97 Å². The highest BCUT2D eigenvalue weighted by Gasteiger charge is 2.07. The first-order valence-electron chi connectivity index (χ1n) is 4.74. The molecule has 0 bridgehead atoms. The van der Waals surface area contributed by atoms with E-state index in [9.17, 15) is 9.90 Å². The van der Waals surface area contributed by atoms with Crippen molar-refractivity contribution in [3.63, 3.8) is 0 Å². The number of rotatable bonds is 4. The van der Waals surface area contributed by atoms with Gasteiger partial charge in [0.05, 0.1) is 6.10 Å². The van der Waals surface area contributed by atoms with Gasteiger partial charge in [-0.05, 0) is 24.7 Å². The first-order valence-corrected chi connectivity index (χ1v) is 4.74. The van der Waals surface area contributed by atoms with E-state index in [4.69, 9.17) is 4.74 Å². The number of aliphatic hydroxyl groups is 1. The lowest BCUT2D eigenvalue weighted by molar-refractivity contribution is -0.131. The van der Waals surface area contributed by atoms with E-state index in [1.807, 2.05) is 0 Å². The predicted molar refractivity (Wildman–Crippen MR) is 56.6 cm³/mol. The molecule has 2 N–H and O–H groups in total. The Kier molecular flexibility index (Phi) is 4.27. The van der Waals surface area contributed by atoms with E-state index in [1.165, 1.54) is 6.92 Å². The van der Waals surface area contributed by atoms with E-state index in [0.717, 1.165) is 5.56 Å². The number of esters is 1. The maximum Gasteiger partial charge on any atom is 0.308 e. The number of hydrogen-bond donors (Lipinski definition) is 2. The molecular formula is C11H15NO3. The van der Waals surface area contributed by atoms with E-state index >= 15 is 0 Å². The molecule has 0 unspecified atom stereocenters. The van der Waals surface area contributed by atoms with Gasteiger partial charge in [-0.15, -0.1) is 0 Å². The number of likely N-dealkylation sites (N-methyl/N-ethyl adjacent to an activating group) is 1. The maximum absolute atomic E-state index is 10.7. The molecule has 0 fully saturated rings. The first kappa shape index (κ1) is 11.7. The van der Waals surface area contributed by atoms with Crippen LogP contribution in [0.3, 0.4) is 0 Å². The van der Waals surface area contributed by atoms with Crippen LogP contribution in [0.5, 0.6) is 5.75 Å². The highest BCUT2D eigenvalue weighted by atomic mass is 16.5. The van der Waals surface area contributed by atoms with Crippen molar-refractivity contribution in [2.45, 2.75) is 13.0 Å². The van der Waals surface area contributed by atoms with Crippen LogP contribution in [0, 0.1) is 0 Å². The van der Waals surface area contributed by atoms with Crippen molar-refractivity contribution in [1.29, 1.82) is 0 Å².